The highest BCUT2D eigenvalue weighted by atomic mass is 32.2. The van der Waals surface area contributed by atoms with Crippen molar-refractivity contribution < 1.29 is 0 Å². The molecule has 2 aromatic heterocycles. The van der Waals surface area contributed by atoms with Gasteiger partial charge in [-0.1, -0.05) is 6.07 Å². The summed E-state index contributed by atoms with van der Waals surface area (Å²) in [5.41, 5.74) is 2.56. The van der Waals surface area contributed by atoms with Gasteiger partial charge >= 0.3 is 0 Å². The molecule has 2 aromatic rings. The van der Waals surface area contributed by atoms with Gasteiger partial charge in [-0.3, -0.25) is 0 Å². The number of imidazole rings is 1. The van der Waals surface area contributed by atoms with Crippen molar-refractivity contribution in [3.05, 3.63) is 35.9 Å². The molecule has 0 N–H and O–H groups in total. The number of hydrogen-bond acceptors (Lipinski definition) is 2. The van der Waals surface area contributed by atoms with Crippen LogP contribution in [0.4, 0.5) is 0 Å². The maximum absolute atomic E-state index is 4.59. The number of aryl methyl sites for hydroxylation is 1. The molecule has 0 amide bonds. The van der Waals surface area contributed by atoms with Crippen molar-refractivity contribution in [3.8, 4) is 0 Å². The lowest BCUT2D eigenvalue weighted by Crippen LogP contribution is -2.02. The maximum Gasteiger partial charge on any atom is 0.117 e. The Morgan fingerprint density at radius 1 is 1.53 bits per heavy atom. The van der Waals surface area contributed by atoms with Crippen molar-refractivity contribution in [2.45, 2.75) is 19.3 Å². The fourth-order valence-electron chi connectivity index (χ4n) is 2.22. The molecular formula is C12H14N2S. The molecule has 15 heavy (non-hydrogen) atoms. The molecule has 1 aliphatic rings. The molecule has 0 aliphatic carbocycles. The van der Waals surface area contributed by atoms with Crippen LogP contribution in [0.1, 0.15) is 23.7 Å². The van der Waals surface area contributed by atoms with E-state index in [-0.39, 0.29) is 0 Å². The number of hydrogen-bond donors (Lipinski definition) is 0. The lowest BCUT2D eigenvalue weighted by molar-refractivity contribution is 0.713. The van der Waals surface area contributed by atoms with Crippen molar-refractivity contribution >= 4 is 17.3 Å². The van der Waals surface area contributed by atoms with E-state index in [1.807, 2.05) is 18.0 Å². The predicted molar refractivity (Wildman–Crippen MR) is 64.6 cm³/mol. The molecule has 0 spiro atoms. The fourth-order valence-corrected chi connectivity index (χ4v) is 3.44. The summed E-state index contributed by atoms with van der Waals surface area (Å²) in [7, 11) is 0. The molecule has 1 aliphatic heterocycles. The summed E-state index contributed by atoms with van der Waals surface area (Å²) in [5, 5.41) is 0. The number of pyridine rings is 1. The van der Waals surface area contributed by atoms with Gasteiger partial charge in [0.05, 0.1) is 11.7 Å². The lowest BCUT2D eigenvalue weighted by Gasteiger charge is -2.07. The van der Waals surface area contributed by atoms with Crippen LogP contribution >= 0.6 is 11.8 Å². The van der Waals surface area contributed by atoms with E-state index in [1.165, 1.54) is 34.8 Å². The highest BCUT2D eigenvalue weighted by Gasteiger charge is 2.21. The van der Waals surface area contributed by atoms with Crippen molar-refractivity contribution in [2.24, 2.45) is 0 Å². The van der Waals surface area contributed by atoms with Crippen LogP contribution in [0, 0.1) is 6.92 Å². The summed E-state index contributed by atoms with van der Waals surface area (Å²) in [5.74, 6) is 4.41. The highest BCUT2D eigenvalue weighted by Crippen LogP contribution is 2.32. The van der Waals surface area contributed by atoms with E-state index < -0.39 is 0 Å². The van der Waals surface area contributed by atoms with Crippen LogP contribution < -0.4 is 0 Å². The molecule has 0 radical (unpaired) electrons. The van der Waals surface area contributed by atoms with Crippen LogP contribution in [0.2, 0.25) is 0 Å². The van der Waals surface area contributed by atoms with Crippen molar-refractivity contribution in [3.63, 3.8) is 0 Å². The first-order valence-electron chi connectivity index (χ1n) is 5.36. The second kappa shape index (κ2) is 3.56. The van der Waals surface area contributed by atoms with Crippen molar-refractivity contribution in [1.82, 2.24) is 9.38 Å². The second-order valence-electron chi connectivity index (χ2n) is 4.12. The molecular weight excluding hydrogens is 204 g/mol. The zero-order valence-corrected chi connectivity index (χ0v) is 9.63. The maximum atomic E-state index is 4.59. The normalized spacial score (nSPS) is 21.3. The molecule has 1 fully saturated rings. The molecule has 0 aromatic carbocycles. The molecule has 1 saturated heterocycles. The number of rotatable bonds is 1. The number of nitrogens with zero attached hydrogens (tertiary/aromatic N) is 2. The van der Waals surface area contributed by atoms with E-state index in [4.69, 9.17) is 0 Å². The predicted octanol–water partition coefficient (Wildman–Crippen LogP) is 2.86. The van der Waals surface area contributed by atoms with E-state index in [2.05, 4.69) is 34.6 Å². The van der Waals surface area contributed by atoms with Gasteiger partial charge in [-0.15, -0.1) is 0 Å². The Balaban J connectivity index is 2.15. The third-order valence-corrected chi connectivity index (χ3v) is 4.27. The zero-order valence-electron chi connectivity index (χ0n) is 8.81. The quantitative estimate of drug-likeness (QED) is 0.732. The second-order valence-corrected chi connectivity index (χ2v) is 5.27. The first-order valence-corrected chi connectivity index (χ1v) is 6.52. The van der Waals surface area contributed by atoms with Gasteiger partial charge in [-0.2, -0.15) is 11.8 Å². The molecule has 3 rings (SSSR count). The Morgan fingerprint density at radius 2 is 2.47 bits per heavy atom. The van der Waals surface area contributed by atoms with E-state index in [0.29, 0.717) is 5.92 Å². The molecule has 78 valence electrons. The summed E-state index contributed by atoms with van der Waals surface area (Å²) >= 11 is 2.04. The molecule has 3 heterocycles. The standard InChI is InChI=1S/C12H14N2S/c1-9-3-2-5-14-11(9)7-13-12(14)10-4-6-15-8-10/h2-3,5,7,10H,4,6,8H2,1H3. The SMILES string of the molecule is Cc1cccn2c(C3CCSC3)ncc12. The summed E-state index contributed by atoms with van der Waals surface area (Å²) in [4.78, 5) is 4.59. The number of aromatic nitrogens is 2. The van der Waals surface area contributed by atoms with E-state index in [9.17, 15) is 0 Å². The van der Waals surface area contributed by atoms with Crippen molar-refractivity contribution in [2.75, 3.05) is 11.5 Å². The van der Waals surface area contributed by atoms with Gasteiger partial charge in [-0.05, 0) is 30.7 Å². The van der Waals surface area contributed by atoms with Crippen LogP contribution in [0.5, 0.6) is 0 Å². The molecule has 1 atom stereocenters. The fraction of sp³-hybridized carbons (Fsp3) is 0.417. The third-order valence-electron chi connectivity index (χ3n) is 3.11. The van der Waals surface area contributed by atoms with Gasteiger partial charge in [-0.25, -0.2) is 4.98 Å². The molecule has 0 saturated carbocycles. The summed E-state index contributed by atoms with van der Waals surface area (Å²) in [6.07, 6.45) is 5.42. The topological polar surface area (TPSA) is 17.3 Å². The van der Waals surface area contributed by atoms with Crippen LogP contribution in [0.15, 0.2) is 24.5 Å². The Kier molecular flexibility index (Phi) is 2.20. The van der Waals surface area contributed by atoms with Gasteiger partial charge in [0.2, 0.25) is 0 Å². The Hall–Kier alpha value is -0.960. The van der Waals surface area contributed by atoms with Crippen LogP contribution in [-0.4, -0.2) is 20.9 Å². The third kappa shape index (κ3) is 1.46. The Labute approximate surface area is 93.7 Å². The summed E-state index contributed by atoms with van der Waals surface area (Å²) in [6, 6.07) is 4.25. The van der Waals surface area contributed by atoms with E-state index >= 15 is 0 Å². The van der Waals surface area contributed by atoms with E-state index in [1.54, 1.807) is 0 Å². The summed E-state index contributed by atoms with van der Waals surface area (Å²) in [6.45, 7) is 2.14. The van der Waals surface area contributed by atoms with Gasteiger partial charge in [0.25, 0.3) is 0 Å². The largest absolute Gasteiger partial charge is 0.303 e. The minimum atomic E-state index is 0.652. The number of thioether (sulfide) groups is 1. The smallest absolute Gasteiger partial charge is 0.117 e. The monoisotopic (exact) mass is 218 g/mol. The van der Waals surface area contributed by atoms with Crippen LogP contribution in [0.3, 0.4) is 0 Å². The van der Waals surface area contributed by atoms with Gasteiger partial charge in [0.1, 0.15) is 5.82 Å². The Bertz CT molecular complexity index is 483. The minimum Gasteiger partial charge on any atom is -0.303 e. The first kappa shape index (κ1) is 9.28. The van der Waals surface area contributed by atoms with Crippen LogP contribution in [-0.2, 0) is 0 Å². The van der Waals surface area contributed by atoms with E-state index in [0.717, 1.165) is 0 Å². The average Bonchev–Trinajstić information content (AvgIpc) is 2.85. The zero-order chi connectivity index (χ0) is 10.3. The average molecular weight is 218 g/mol. The molecule has 1 unspecified atom stereocenters. The van der Waals surface area contributed by atoms with Crippen LogP contribution in [0.25, 0.3) is 5.52 Å². The minimum absolute atomic E-state index is 0.652. The molecule has 3 heteroatoms. The van der Waals surface area contributed by atoms with Crippen molar-refractivity contribution in [1.29, 1.82) is 0 Å². The van der Waals surface area contributed by atoms with Gasteiger partial charge < -0.3 is 4.40 Å². The first-order chi connectivity index (χ1) is 7.36. The highest BCUT2D eigenvalue weighted by molar-refractivity contribution is 7.99. The Morgan fingerprint density at radius 3 is 3.27 bits per heavy atom. The lowest BCUT2D eigenvalue weighted by atomic mass is 10.1. The number of fused-ring (bicyclic) bond motifs is 1. The molecule has 0 bridgehead atoms. The molecule has 2 nitrogen and oxygen atoms in total. The van der Waals surface area contributed by atoms with Gasteiger partial charge in [0.15, 0.2) is 0 Å². The summed E-state index contributed by atoms with van der Waals surface area (Å²) < 4.78 is 2.26. The van der Waals surface area contributed by atoms with Gasteiger partial charge in [0, 0.05) is 17.9 Å².